The van der Waals surface area contributed by atoms with Gasteiger partial charge < -0.3 is 15.0 Å². The lowest BCUT2D eigenvalue weighted by Crippen LogP contribution is -2.52. The Balaban J connectivity index is 2.22. The molecule has 98 valence electrons. The van der Waals surface area contributed by atoms with Gasteiger partial charge in [-0.2, -0.15) is 0 Å². The van der Waals surface area contributed by atoms with Crippen molar-refractivity contribution in [2.45, 2.75) is 19.9 Å². The van der Waals surface area contributed by atoms with E-state index in [1.807, 2.05) is 30.0 Å². The number of ether oxygens (including phenoxy) is 1. The fourth-order valence-corrected chi connectivity index (χ4v) is 2.30. The van der Waals surface area contributed by atoms with Crippen molar-refractivity contribution in [1.82, 2.24) is 10.2 Å². The summed E-state index contributed by atoms with van der Waals surface area (Å²) in [6, 6.07) is 5.84. The molecule has 2 rings (SSSR count). The first-order valence-electron chi connectivity index (χ1n) is 6.30. The molecular weight excluding hydrogens is 228 g/mol. The minimum atomic E-state index is 0.115. The van der Waals surface area contributed by atoms with Crippen molar-refractivity contribution in [2.75, 3.05) is 26.7 Å². The molecule has 1 aliphatic rings. The van der Waals surface area contributed by atoms with E-state index in [4.69, 9.17) is 4.74 Å². The van der Waals surface area contributed by atoms with Crippen LogP contribution in [0.5, 0.6) is 5.75 Å². The summed E-state index contributed by atoms with van der Waals surface area (Å²) >= 11 is 0. The maximum atomic E-state index is 12.5. The van der Waals surface area contributed by atoms with Crippen molar-refractivity contribution >= 4 is 5.91 Å². The summed E-state index contributed by atoms with van der Waals surface area (Å²) in [6.07, 6.45) is 0. The number of aryl methyl sites for hydroxylation is 1. The molecule has 1 atom stereocenters. The van der Waals surface area contributed by atoms with Gasteiger partial charge in [0, 0.05) is 31.2 Å². The monoisotopic (exact) mass is 248 g/mol. The fourth-order valence-electron chi connectivity index (χ4n) is 2.30. The van der Waals surface area contributed by atoms with Crippen LogP contribution in [0, 0.1) is 6.92 Å². The van der Waals surface area contributed by atoms with E-state index in [2.05, 4.69) is 12.2 Å². The molecule has 4 nitrogen and oxygen atoms in total. The topological polar surface area (TPSA) is 41.6 Å². The van der Waals surface area contributed by atoms with Crippen LogP contribution in [0.15, 0.2) is 18.2 Å². The van der Waals surface area contributed by atoms with E-state index >= 15 is 0 Å². The molecule has 1 amide bonds. The molecule has 0 bridgehead atoms. The maximum absolute atomic E-state index is 12.5. The number of methoxy groups -OCH3 is 1. The first kappa shape index (κ1) is 12.9. The highest BCUT2D eigenvalue weighted by molar-refractivity contribution is 5.96. The van der Waals surface area contributed by atoms with Crippen LogP contribution in [0.1, 0.15) is 22.8 Å². The van der Waals surface area contributed by atoms with Crippen LogP contribution >= 0.6 is 0 Å². The van der Waals surface area contributed by atoms with Crippen molar-refractivity contribution in [3.8, 4) is 5.75 Å². The van der Waals surface area contributed by atoms with Gasteiger partial charge in [0.05, 0.1) is 7.11 Å². The molecule has 0 saturated carbocycles. The first-order valence-corrected chi connectivity index (χ1v) is 6.30. The van der Waals surface area contributed by atoms with Crippen molar-refractivity contribution in [2.24, 2.45) is 0 Å². The van der Waals surface area contributed by atoms with Gasteiger partial charge >= 0.3 is 0 Å². The lowest BCUT2D eigenvalue weighted by atomic mass is 10.1. The maximum Gasteiger partial charge on any atom is 0.254 e. The number of amides is 1. The molecule has 1 aromatic rings. The van der Waals surface area contributed by atoms with E-state index in [0.29, 0.717) is 0 Å². The molecule has 1 fully saturated rings. The number of rotatable bonds is 2. The lowest BCUT2D eigenvalue weighted by Gasteiger charge is -2.34. The molecule has 1 aliphatic heterocycles. The summed E-state index contributed by atoms with van der Waals surface area (Å²) in [4.78, 5) is 14.4. The predicted molar refractivity (Wildman–Crippen MR) is 71.1 cm³/mol. The van der Waals surface area contributed by atoms with E-state index in [0.717, 1.165) is 36.5 Å². The Kier molecular flexibility index (Phi) is 3.87. The third-order valence-corrected chi connectivity index (χ3v) is 3.43. The van der Waals surface area contributed by atoms with Gasteiger partial charge in [-0.15, -0.1) is 0 Å². The average Bonchev–Trinajstić information content (AvgIpc) is 2.38. The second kappa shape index (κ2) is 5.40. The Hall–Kier alpha value is -1.55. The third-order valence-electron chi connectivity index (χ3n) is 3.43. The van der Waals surface area contributed by atoms with Crippen molar-refractivity contribution in [3.05, 3.63) is 29.3 Å². The molecule has 18 heavy (non-hydrogen) atoms. The summed E-state index contributed by atoms with van der Waals surface area (Å²) < 4.78 is 5.16. The van der Waals surface area contributed by atoms with Gasteiger partial charge in [-0.05, 0) is 37.6 Å². The number of hydrogen-bond acceptors (Lipinski definition) is 3. The molecule has 4 heteroatoms. The number of benzene rings is 1. The smallest absolute Gasteiger partial charge is 0.254 e. The van der Waals surface area contributed by atoms with Gasteiger partial charge in [-0.3, -0.25) is 4.79 Å². The van der Waals surface area contributed by atoms with Crippen LogP contribution < -0.4 is 10.1 Å². The summed E-state index contributed by atoms with van der Waals surface area (Å²) in [5.41, 5.74) is 1.73. The molecular formula is C14H20N2O2. The Morgan fingerprint density at radius 2 is 2.28 bits per heavy atom. The second-order valence-corrected chi connectivity index (χ2v) is 4.73. The molecule has 1 aromatic carbocycles. The van der Waals surface area contributed by atoms with E-state index in [1.54, 1.807) is 7.11 Å². The Morgan fingerprint density at radius 3 is 2.89 bits per heavy atom. The van der Waals surface area contributed by atoms with Crippen LogP contribution in [0.2, 0.25) is 0 Å². The van der Waals surface area contributed by atoms with Crippen LogP contribution in [0.3, 0.4) is 0 Å². The summed E-state index contributed by atoms with van der Waals surface area (Å²) in [5, 5.41) is 3.29. The fraction of sp³-hybridized carbons (Fsp3) is 0.500. The molecule has 0 radical (unpaired) electrons. The molecule has 1 N–H and O–H groups in total. The molecule has 0 aliphatic carbocycles. The van der Waals surface area contributed by atoms with Crippen LogP contribution in [-0.4, -0.2) is 43.6 Å². The Labute approximate surface area is 108 Å². The summed E-state index contributed by atoms with van der Waals surface area (Å²) in [5.74, 6) is 0.904. The minimum Gasteiger partial charge on any atom is -0.497 e. The van der Waals surface area contributed by atoms with E-state index < -0.39 is 0 Å². The predicted octanol–water partition coefficient (Wildman–Crippen LogP) is 1.44. The first-order chi connectivity index (χ1) is 8.63. The Morgan fingerprint density at radius 1 is 1.50 bits per heavy atom. The van der Waals surface area contributed by atoms with E-state index in [1.165, 1.54) is 0 Å². The van der Waals surface area contributed by atoms with E-state index in [-0.39, 0.29) is 11.9 Å². The molecule has 0 spiro atoms. The second-order valence-electron chi connectivity index (χ2n) is 4.73. The zero-order valence-corrected chi connectivity index (χ0v) is 11.2. The average molecular weight is 248 g/mol. The highest BCUT2D eigenvalue weighted by Gasteiger charge is 2.24. The van der Waals surface area contributed by atoms with Gasteiger partial charge in [0.2, 0.25) is 0 Å². The SMILES string of the molecule is COc1ccc(C(=O)N2CCNC[C@@H]2C)c(C)c1. The van der Waals surface area contributed by atoms with Crippen molar-refractivity contribution in [1.29, 1.82) is 0 Å². The number of carbonyl (C=O) groups is 1. The number of carbonyl (C=O) groups excluding carboxylic acids is 1. The van der Waals surface area contributed by atoms with Gasteiger partial charge in [-0.1, -0.05) is 0 Å². The lowest BCUT2D eigenvalue weighted by molar-refractivity contribution is 0.0655. The van der Waals surface area contributed by atoms with E-state index in [9.17, 15) is 4.79 Å². The van der Waals surface area contributed by atoms with Crippen LogP contribution in [0.25, 0.3) is 0 Å². The number of nitrogens with zero attached hydrogens (tertiary/aromatic N) is 1. The Bertz CT molecular complexity index is 445. The molecule has 1 saturated heterocycles. The normalized spacial score (nSPS) is 19.7. The quantitative estimate of drug-likeness (QED) is 0.861. The summed E-state index contributed by atoms with van der Waals surface area (Å²) in [6.45, 7) is 6.52. The van der Waals surface area contributed by atoms with Gasteiger partial charge in [0.25, 0.3) is 5.91 Å². The van der Waals surface area contributed by atoms with Crippen LogP contribution in [-0.2, 0) is 0 Å². The van der Waals surface area contributed by atoms with Gasteiger partial charge in [-0.25, -0.2) is 0 Å². The zero-order chi connectivity index (χ0) is 13.1. The molecule has 0 unspecified atom stereocenters. The van der Waals surface area contributed by atoms with Crippen LogP contribution in [0.4, 0.5) is 0 Å². The minimum absolute atomic E-state index is 0.115. The zero-order valence-electron chi connectivity index (χ0n) is 11.2. The number of piperazine rings is 1. The highest BCUT2D eigenvalue weighted by Crippen LogP contribution is 2.19. The third kappa shape index (κ3) is 2.48. The van der Waals surface area contributed by atoms with Crippen molar-refractivity contribution < 1.29 is 9.53 Å². The highest BCUT2D eigenvalue weighted by atomic mass is 16.5. The van der Waals surface area contributed by atoms with Crippen molar-refractivity contribution in [3.63, 3.8) is 0 Å². The van der Waals surface area contributed by atoms with Gasteiger partial charge in [0.15, 0.2) is 0 Å². The van der Waals surface area contributed by atoms with Gasteiger partial charge in [0.1, 0.15) is 5.75 Å². The number of nitrogens with one attached hydrogen (secondary N) is 1. The number of hydrogen-bond donors (Lipinski definition) is 1. The molecule has 1 heterocycles. The standard InChI is InChI=1S/C14H20N2O2/c1-10-8-12(18-3)4-5-13(10)14(17)16-7-6-15-9-11(16)2/h4-5,8,11,15H,6-7,9H2,1-3H3/t11-/m0/s1. The molecule has 0 aromatic heterocycles. The summed E-state index contributed by atoms with van der Waals surface area (Å²) in [7, 11) is 1.63. The largest absolute Gasteiger partial charge is 0.497 e.